The van der Waals surface area contributed by atoms with Crippen LogP contribution >= 0.6 is 0 Å². The van der Waals surface area contributed by atoms with Crippen molar-refractivity contribution in [3.05, 3.63) is 0 Å². The van der Waals surface area contributed by atoms with Crippen LogP contribution in [0.15, 0.2) is 0 Å². The first-order valence-corrected chi connectivity index (χ1v) is 9.05. The molecular formula is C18H33NO3. The summed E-state index contributed by atoms with van der Waals surface area (Å²) in [5.74, 6) is -0.407. The first-order valence-electron chi connectivity index (χ1n) is 9.05. The number of nitrogens with zero attached hydrogens (tertiary/aromatic N) is 1. The van der Waals surface area contributed by atoms with Gasteiger partial charge in [0.1, 0.15) is 6.54 Å². The second-order valence-corrected chi connectivity index (χ2v) is 6.80. The number of cyclic esters (lactones) is 2. The Hall–Kier alpha value is -1.06. The number of carbonyl (C=O) groups excluding carboxylic acids is 2. The van der Waals surface area contributed by atoms with Gasteiger partial charge in [-0.3, -0.25) is 4.90 Å². The van der Waals surface area contributed by atoms with Gasteiger partial charge >= 0.3 is 12.1 Å². The molecule has 0 saturated carbocycles. The predicted molar refractivity (Wildman–Crippen MR) is 88.7 cm³/mol. The molecule has 0 aromatic heterocycles. The summed E-state index contributed by atoms with van der Waals surface area (Å²) < 4.78 is 4.74. The largest absolute Gasteiger partial charge is 0.418 e. The summed E-state index contributed by atoms with van der Waals surface area (Å²) >= 11 is 0. The minimum atomic E-state index is -0.448. The van der Waals surface area contributed by atoms with Crippen LogP contribution in [0.5, 0.6) is 0 Å². The van der Waals surface area contributed by atoms with Gasteiger partial charge in [-0.2, -0.15) is 0 Å². The third-order valence-corrected chi connectivity index (χ3v) is 4.75. The first kappa shape index (κ1) is 19.0. The van der Waals surface area contributed by atoms with Crippen LogP contribution < -0.4 is 0 Å². The number of esters is 1. The minimum Gasteiger partial charge on any atom is -0.375 e. The van der Waals surface area contributed by atoms with Crippen LogP contribution in [0.25, 0.3) is 0 Å². The smallest absolute Gasteiger partial charge is 0.375 e. The van der Waals surface area contributed by atoms with Gasteiger partial charge in [0.15, 0.2) is 0 Å². The average Bonchev–Trinajstić information content (AvgIpc) is 2.83. The predicted octanol–water partition coefficient (Wildman–Crippen LogP) is 5.05. The van der Waals surface area contributed by atoms with Crippen molar-refractivity contribution < 1.29 is 14.3 Å². The van der Waals surface area contributed by atoms with Crippen molar-refractivity contribution in [1.82, 2.24) is 4.90 Å². The topological polar surface area (TPSA) is 46.6 Å². The van der Waals surface area contributed by atoms with Crippen molar-refractivity contribution in [2.24, 2.45) is 0 Å². The molecule has 1 aliphatic rings. The van der Waals surface area contributed by atoms with E-state index in [1.165, 1.54) is 44.9 Å². The number of ether oxygens (including phenoxy) is 1. The lowest BCUT2D eigenvalue weighted by molar-refractivity contribution is -0.133. The van der Waals surface area contributed by atoms with Gasteiger partial charge in [0, 0.05) is 5.54 Å². The quantitative estimate of drug-likeness (QED) is 0.288. The Morgan fingerprint density at radius 1 is 0.909 bits per heavy atom. The molecule has 4 heteroatoms. The zero-order valence-electron chi connectivity index (χ0n) is 14.7. The van der Waals surface area contributed by atoms with Crippen LogP contribution in [-0.2, 0) is 9.53 Å². The van der Waals surface area contributed by atoms with Crippen LogP contribution in [0.2, 0.25) is 0 Å². The van der Waals surface area contributed by atoms with E-state index in [-0.39, 0.29) is 12.1 Å². The highest BCUT2D eigenvalue weighted by Gasteiger charge is 2.42. The molecule has 0 aromatic carbocycles. The number of rotatable bonds is 12. The van der Waals surface area contributed by atoms with E-state index < -0.39 is 12.1 Å². The summed E-state index contributed by atoms with van der Waals surface area (Å²) in [7, 11) is 0. The molecule has 1 rings (SSSR count). The molecule has 1 heterocycles. The maximum atomic E-state index is 11.9. The number of carbonyl (C=O) groups is 2. The molecule has 1 saturated heterocycles. The lowest BCUT2D eigenvalue weighted by atomic mass is 9.86. The van der Waals surface area contributed by atoms with E-state index in [2.05, 4.69) is 20.8 Å². The number of amides is 1. The highest BCUT2D eigenvalue weighted by molar-refractivity contribution is 5.93. The molecule has 22 heavy (non-hydrogen) atoms. The van der Waals surface area contributed by atoms with Crippen molar-refractivity contribution in [2.45, 2.75) is 96.9 Å². The van der Waals surface area contributed by atoms with Crippen LogP contribution in [-0.4, -0.2) is 29.0 Å². The van der Waals surface area contributed by atoms with Gasteiger partial charge in [-0.25, -0.2) is 9.59 Å². The van der Waals surface area contributed by atoms with Crippen LogP contribution in [0, 0.1) is 0 Å². The standard InChI is InChI=1S/C18H33NO3/c1-4-6-8-10-12-14-18(3,13-11-9-7-5-2)19-15-16(20)22-17(19)21/h4-15H2,1-3H3. The van der Waals surface area contributed by atoms with Crippen molar-refractivity contribution in [3.8, 4) is 0 Å². The highest BCUT2D eigenvalue weighted by Crippen LogP contribution is 2.31. The normalized spacial score (nSPS) is 17.7. The number of unbranched alkanes of at least 4 members (excludes halogenated alkanes) is 7. The molecule has 0 aromatic rings. The first-order chi connectivity index (χ1) is 10.5. The molecule has 0 spiro atoms. The van der Waals surface area contributed by atoms with E-state index in [0.29, 0.717) is 0 Å². The van der Waals surface area contributed by atoms with E-state index in [0.717, 1.165) is 25.7 Å². The fraction of sp³-hybridized carbons (Fsp3) is 0.889. The summed E-state index contributed by atoms with van der Waals surface area (Å²) in [4.78, 5) is 25.0. The highest BCUT2D eigenvalue weighted by atomic mass is 16.6. The SMILES string of the molecule is CCCCCCCC(C)(CCCCCC)N1CC(=O)OC1=O. The molecule has 1 aliphatic heterocycles. The zero-order valence-corrected chi connectivity index (χ0v) is 14.7. The monoisotopic (exact) mass is 311 g/mol. The molecule has 1 amide bonds. The lowest BCUT2D eigenvalue weighted by Gasteiger charge is -2.37. The number of hydrogen-bond acceptors (Lipinski definition) is 3. The van der Waals surface area contributed by atoms with Crippen LogP contribution in [0.4, 0.5) is 4.79 Å². The molecule has 0 radical (unpaired) electrons. The maximum Gasteiger partial charge on any atom is 0.418 e. The van der Waals surface area contributed by atoms with E-state index in [4.69, 9.17) is 4.74 Å². The Kier molecular flexibility index (Phi) is 8.51. The second-order valence-electron chi connectivity index (χ2n) is 6.80. The summed E-state index contributed by atoms with van der Waals surface area (Å²) in [6.45, 7) is 6.66. The van der Waals surface area contributed by atoms with Gasteiger partial charge in [0.25, 0.3) is 0 Å². The van der Waals surface area contributed by atoms with Gasteiger partial charge in [-0.1, -0.05) is 71.6 Å². The number of hydrogen-bond donors (Lipinski definition) is 0. The Balaban J connectivity index is 2.55. The fourth-order valence-corrected chi connectivity index (χ4v) is 3.23. The third-order valence-electron chi connectivity index (χ3n) is 4.75. The van der Waals surface area contributed by atoms with E-state index >= 15 is 0 Å². The summed E-state index contributed by atoms with van der Waals surface area (Å²) in [6, 6.07) is 0. The van der Waals surface area contributed by atoms with E-state index in [1.807, 2.05) is 0 Å². The third kappa shape index (κ3) is 5.98. The molecule has 1 fully saturated rings. The Labute approximate surface area is 135 Å². The summed E-state index contributed by atoms with van der Waals surface area (Å²) in [5.41, 5.74) is -0.233. The van der Waals surface area contributed by atoms with Crippen molar-refractivity contribution in [3.63, 3.8) is 0 Å². The molecule has 0 N–H and O–H groups in total. The van der Waals surface area contributed by atoms with Crippen LogP contribution in [0.1, 0.15) is 91.4 Å². The van der Waals surface area contributed by atoms with E-state index in [1.54, 1.807) is 4.90 Å². The summed E-state index contributed by atoms with van der Waals surface area (Å²) in [5, 5.41) is 0. The molecule has 128 valence electrons. The Bertz CT molecular complexity index is 356. The van der Waals surface area contributed by atoms with Gasteiger partial charge in [0.2, 0.25) is 0 Å². The molecule has 0 bridgehead atoms. The van der Waals surface area contributed by atoms with Crippen LogP contribution in [0.3, 0.4) is 0 Å². The average molecular weight is 311 g/mol. The van der Waals surface area contributed by atoms with E-state index in [9.17, 15) is 9.59 Å². The van der Waals surface area contributed by atoms with Gasteiger partial charge in [0.05, 0.1) is 0 Å². The molecule has 4 nitrogen and oxygen atoms in total. The second kappa shape index (κ2) is 9.86. The maximum absolute atomic E-state index is 11.9. The zero-order chi connectivity index (χ0) is 16.4. The van der Waals surface area contributed by atoms with Gasteiger partial charge in [-0.15, -0.1) is 0 Å². The van der Waals surface area contributed by atoms with Crippen molar-refractivity contribution >= 4 is 12.1 Å². The molecular weight excluding hydrogens is 278 g/mol. The molecule has 1 unspecified atom stereocenters. The van der Waals surface area contributed by atoms with Gasteiger partial charge < -0.3 is 4.74 Å². The lowest BCUT2D eigenvalue weighted by Crippen LogP contribution is -2.47. The van der Waals surface area contributed by atoms with Gasteiger partial charge in [-0.05, 0) is 19.8 Å². The minimum absolute atomic E-state index is 0.123. The Morgan fingerprint density at radius 2 is 1.41 bits per heavy atom. The van der Waals surface area contributed by atoms with Crippen molar-refractivity contribution in [1.29, 1.82) is 0 Å². The van der Waals surface area contributed by atoms with Crippen molar-refractivity contribution in [2.75, 3.05) is 6.54 Å². The molecule has 1 atom stereocenters. The summed E-state index contributed by atoms with van der Waals surface area (Å²) in [6.07, 6.45) is 12.3. The fourth-order valence-electron chi connectivity index (χ4n) is 3.23. The Morgan fingerprint density at radius 3 is 1.86 bits per heavy atom. The molecule has 0 aliphatic carbocycles.